The van der Waals surface area contributed by atoms with Gasteiger partial charge >= 0.3 is 0 Å². The monoisotopic (exact) mass is 289 g/mol. The predicted molar refractivity (Wildman–Crippen MR) is 82.6 cm³/mol. The lowest BCUT2D eigenvalue weighted by molar-refractivity contribution is 0.0366. The van der Waals surface area contributed by atoms with Gasteiger partial charge < -0.3 is 20.1 Å². The van der Waals surface area contributed by atoms with Gasteiger partial charge in [0.25, 0.3) is 0 Å². The normalized spacial score (nSPS) is 15.8. The number of benzene rings is 1. The second-order valence-corrected chi connectivity index (χ2v) is 5.19. The molecule has 1 aliphatic heterocycles. The molecule has 0 bridgehead atoms. The zero-order chi connectivity index (χ0) is 15.1. The smallest absolute Gasteiger partial charge is 0.121 e. The Kier molecular flexibility index (Phi) is 5.85. The lowest BCUT2D eigenvalue weighted by Gasteiger charge is -2.34. The van der Waals surface area contributed by atoms with Gasteiger partial charge in [0.15, 0.2) is 0 Å². The van der Waals surface area contributed by atoms with Crippen LogP contribution >= 0.6 is 0 Å². The van der Waals surface area contributed by atoms with E-state index in [2.05, 4.69) is 11.0 Å². The minimum absolute atomic E-state index is 0.309. The predicted octanol–water partition coefficient (Wildman–Crippen LogP) is 1.90. The summed E-state index contributed by atoms with van der Waals surface area (Å²) in [5, 5.41) is 9.25. The van der Waals surface area contributed by atoms with Gasteiger partial charge in [-0.3, -0.25) is 0 Å². The zero-order valence-corrected chi connectivity index (χ0v) is 12.5. The van der Waals surface area contributed by atoms with Crippen LogP contribution in [0.25, 0.3) is 0 Å². The minimum atomic E-state index is 0.309. The highest BCUT2D eigenvalue weighted by Crippen LogP contribution is 2.28. The van der Waals surface area contributed by atoms with E-state index >= 15 is 0 Å². The van der Waals surface area contributed by atoms with Crippen molar-refractivity contribution in [2.45, 2.75) is 25.4 Å². The van der Waals surface area contributed by atoms with Gasteiger partial charge in [0.05, 0.1) is 24.5 Å². The van der Waals surface area contributed by atoms with Gasteiger partial charge in [0.2, 0.25) is 0 Å². The van der Waals surface area contributed by atoms with Crippen molar-refractivity contribution >= 4 is 5.69 Å². The minimum Gasteiger partial charge on any atom is -0.497 e. The first-order chi connectivity index (χ1) is 10.3. The highest BCUT2D eigenvalue weighted by molar-refractivity contribution is 5.62. The maximum atomic E-state index is 9.25. The van der Waals surface area contributed by atoms with E-state index in [1.165, 1.54) is 0 Å². The maximum Gasteiger partial charge on any atom is 0.121 e. The summed E-state index contributed by atoms with van der Waals surface area (Å²) in [5.41, 5.74) is 7.12. The number of hydrogen-bond acceptors (Lipinski definition) is 5. The molecular formula is C16H23N3O2. The Hall–Kier alpha value is -1.77. The summed E-state index contributed by atoms with van der Waals surface area (Å²) in [6.07, 6.45) is 3.18. The zero-order valence-electron chi connectivity index (χ0n) is 12.5. The van der Waals surface area contributed by atoms with Crippen molar-refractivity contribution in [2.24, 2.45) is 5.73 Å². The SMILES string of the molecule is COc1ccc(C#N)c(N2CCC(OCCCN)CC2)c1. The first kappa shape index (κ1) is 15.6. The molecule has 1 saturated heterocycles. The van der Waals surface area contributed by atoms with Crippen LogP contribution < -0.4 is 15.4 Å². The number of nitrogens with two attached hydrogens (primary N) is 1. The molecule has 21 heavy (non-hydrogen) atoms. The van der Waals surface area contributed by atoms with Crippen LogP contribution in [0.15, 0.2) is 18.2 Å². The van der Waals surface area contributed by atoms with Crippen molar-refractivity contribution in [3.8, 4) is 11.8 Å². The van der Waals surface area contributed by atoms with Crippen LogP contribution in [-0.4, -0.2) is 39.5 Å². The maximum absolute atomic E-state index is 9.25. The highest BCUT2D eigenvalue weighted by Gasteiger charge is 2.21. The molecule has 1 aliphatic rings. The van der Waals surface area contributed by atoms with E-state index in [1.54, 1.807) is 7.11 Å². The average molecular weight is 289 g/mol. The van der Waals surface area contributed by atoms with Gasteiger partial charge in [-0.05, 0) is 37.9 Å². The molecule has 0 spiro atoms. The van der Waals surface area contributed by atoms with Gasteiger partial charge in [0.1, 0.15) is 11.8 Å². The van der Waals surface area contributed by atoms with E-state index in [-0.39, 0.29) is 0 Å². The number of anilines is 1. The largest absolute Gasteiger partial charge is 0.497 e. The Bertz CT molecular complexity index is 491. The van der Waals surface area contributed by atoms with Gasteiger partial charge in [0, 0.05) is 25.8 Å². The Labute approximate surface area is 126 Å². The van der Waals surface area contributed by atoms with E-state index in [1.807, 2.05) is 18.2 Å². The van der Waals surface area contributed by atoms with Crippen molar-refractivity contribution in [3.63, 3.8) is 0 Å². The van der Waals surface area contributed by atoms with Crippen molar-refractivity contribution in [1.82, 2.24) is 0 Å². The van der Waals surface area contributed by atoms with Crippen LogP contribution in [0.3, 0.4) is 0 Å². The summed E-state index contributed by atoms with van der Waals surface area (Å²) in [6.45, 7) is 3.21. The van der Waals surface area contributed by atoms with E-state index < -0.39 is 0 Å². The molecule has 1 aromatic carbocycles. The Morgan fingerprint density at radius 2 is 2.14 bits per heavy atom. The first-order valence-corrected chi connectivity index (χ1v) is 7.43. The number of methoxy groups -OCH3 is 1. The summed E-state index contributed by atoms with van der Waals surface area (Å²) < 4.78 is 11.1. The molecule has 0 amide bonds. The van der Waals surface area contributed by atoms with Crippen molar-refractivity contribution in [3.05, 3.63) is 23.8 Å². The van der Waals surface area contributed by atoms with Crippen LogP contribution in [0, 0.1) is 11.3 Å². The molecule has 2 N–H and O–H groups in total. The van der Waals surface area contributed by atoms with Crippen LogP contribution in [0.1, 0.15) is 24.8 Å². The van der Waals surface area contributed by atoms with E-state index in [0.29, 0.717) is 18.2 Å². The molecule has 0 unspecified atom stereocenters. The van der Waals surface area contributed by atoms with E-state index in [9.17, 15) is 5.26 Å². The molecule has 0 saturated carbocycles. The third-order valence-corrected chi connectivity index (χ3v) is 3.81. The molecule has 0 radical (unpaired) electrons. The van der Waals surface area contributed by atoms with Crippen LogP contribution in [-0.2, 0) is 4.74 Å². The summed E-state index contributed by atoms with van der Waals surface area (Å²) >= 11 is 0. The van der Waals surface area contributed by atoms with Crippen molar-refractivity contribution in [2.75, 3.05) is 38.3 Å². The first-order valence-electron chi connectivity index (χ1n) is 7.43. The number of nitriles is 1. The molecule has 5 heteroatoms. The van der Waals surface area contributed by atoms with Crippen LogP contribution in [0.5, 0.6) is 5.75 Å². The molecular weight excluding hydrogens is 266 g/mol. The van der Waals surface area contributed by atoms with Gasteiger partial charge in [-0.2, -0.15) is 5.26 Å². The van der Waals surface area contributed by atoms with E-state index in [0.717, 1.165) is 50.4 Å². The van der Waals surface area contributed by atoms with Gasteiger partial charge in [-0.1, -0.05) is 0 Å². The second-order valence-electron chi connectivity index (χ2n) is 5.19. The number of rotatable bonds is 6. The molecule has 1 aromatic rings. The standard InChI is InChI=1S/C16H23N3O2/c1-20-15-4-3-13(12-18)16(11-15)19-8-5-14(6-9-19)21-10-2-7-17/h3-4,11,14H,2,5-10,17H2,1H3. The Balaban J connectivity index is 1.97. The molecule has 0 aromatic heterocycles. The van der Waals surface area contributed by atoms with Gasteiger partial charge in [-0.25, -0.2) is 0 Å². The lowest BCUT2D eigenvalue weighted by atomic mass is 10.0. The molecule has 0 atom stereocenters. The fourth-order valence-corrected chi connectivity index (χ4v) is 2.59. The Morgan fingerprint density at radius 1 is 1.38 bits per heavy atom. The third kappa shape index (κ3) is 4.10. The molecule has 5 nitrogen and oxygen atoms in total. The fraction of sp³-hybridized carbons (Fsp3) is 0.562. The summed E-state index contributed by atoms with van der Waals surface area (Å²) in [4.78, 5) is 2.24. The van der Waals surface area contributed by atoms with Crippen molar-refractivity contribution in [1.29, 1.82) is 5.26 Å². The summed E-state index contributed by atoms with van der Waals surface area (Å²) in [5.74, 6) is 0.783. The quantitative estimate of drug-likeness (QED) is 0.810. The number of piperidine rings is 1. The van der Waals surface area contributed by atoms with Crippen LogP contribution in [0.4, 0.5) is 5.69 Å². The lowest BCUT2D eigenvalue weighted by Crippen LogP contribution is -2.37. The third-order valence-electron chi connectivity index (χ3n) is 3.81. The summed E-state index contributed by atoms with van der Waals surface area (Å²) in [6, 6.07) is 7.84. The van der Waals surface area contributed by atoms with Crippen LogP contribution in [0.2, 0.25) is 0 Å². The topological polar surface area (TPSA) is 71.5 Å². The number of ether oxygens (including phenoxy) is 2. The molecule has 1 heterocycles. The number of nitrogens with zero attached hydrogens (tertiary/aromatic N) is 2. The molecule has 2 rings (SSSR count). The Morgan fingerprint density at radius 3 is 2.76 bits per heavy atom. The van der Waals surface area contributed by atoms with E-state index in [4.69, 9.17) is 15.2 Å². The van der Waals surface area contributed by atoms with Crippen molar-refractivity contribution < 1.29 is 9.47 Å². The van der Waals surface area contributed by atoms with Gasteiger partial charge in [-0.15, -0.1) is 0 Å². The molecule has 0 aliphatic carbocycles. The molecule has 114 valence electrons. The average Bonchev–Trinajstić information content (AvgIpc) is 2.55. The number of hydrogen-bond donors (Lipinski definition) is 1. The highest BCUT2D eigenvalue weighted by atomic mass is 16.5. The molecule has 1 fully saturated rings. The summed E-state index contributed by atoms with van der Waals surface area (Å²) in [7, 11) is 1.64. The second kappa shape index (κ2) is 7.87. The fourth-order valence-electron chi connectivity index (χ4n) is 2.59.